The second-order valence-electron chi connectivity index (χ2n) is 7.13. The van der Waals surface area contributed by atoms with Crippen LogP contribution in [-0.2, 0) is 29.1 Å². The molecule has 1 atom stereocenters. The number of amides is 2. The Morgan fingerprint density at radius 3 is 2.41 bits per heavy atom. The number of primary amides is 1. The van der Waals surface area contributed by atoms with Crippen LogP contribution in [0.4, 0.5) is 5.69 Å². The number of nitrogens with two attached hydrogens (primary N) is 1. The van der Waals surface area contributed by atoms with Gasteiger partial charge < -0.3 is 16.0 Å². The van der Waals surface area contributed by atoms with Crippen molar-refractivity contribution in [3.05, 3.63) is 65.2 Å². The zero-order valence-electron chi connectivity index (χ0n) is 15.8. The van der Waals surface area contributed by atoms with Crippen LogP contribution in [0, 0.1) is 0 Å². The fourth-order valence-corrected chi connectivity index (χ4v) is 3.38. The molecule has 2 aromatic rings. The number of benzene rings is 2. The van der Waals surface area contributed by atoms with Crippen molar-refractivity contribution in [3.8, 4) is 0 Å². The molecule has 2 amide bonds. The predicted molar refractivity (Wildman–Crippen MR) is 106 cm³/mol. The second kappa shape index (κ2) is 8.22. The van der Waals surface area contributed by atoms with Gasteiger partial charge in [-0.2, -0.15) is 0 Å². The summed E-state index contributed by atoms with van der Waals surface area (Å²) in [5.41, 5.74) is 9.99. The molecule has 0 aliphatic carbocycles. The monoisotopic (exact) mass is 366 g/mol. The zero-order valence-corrected chi connectivity index (χ0v) is 15.8. The van der Waals surface area contributed by atoms with E-state index in [1.54, 1.807) is 0 Å². The number of fused-ring (bicyclic) bond motifs is 1. The number of nitrogens with zero attached hydrogens (tertiary/aromatic N) is 2. The van der Waals surface area contributed by atoms with E-state index in [1.165, 1.54) is 0 Å². The van der Waals surface area contributed by atoms with E-state index in [-0.39, 0.29) is 12.5 Å². The van der Waals surface area contributed by atoms with E-state index in [0.29, 0.717) is 19.5 Å². The van der Waals surface area contributed by atoms with Crippen molar-refractivity contribution in [3.63, 3.8) is 0 Å². The normalized spacial score (nSPS) is 16.4. The maximum atomic E-state index is 12.4. The molecular weight excluding hydrogens is 340 g/mol. The lowest BCUT2D eigenvalue weighted by atomic mass is 9.93. The van der Waals surface area contributed by atoms with Crippen molar-refractivity contribution < 1.29 is 9.59 Å². The number of rotatable bonds is 6. The molecule has 0 aromatic heterocycles. The molecular formula is C21H26N4O2. The Balaban J connectivity index is 1.60. The topological polar surface area (TPSA) is 78.7 Å². The molecule has 142 valence electrons. The van der Waals surface area contributed by atoms with Gasteiger partial charge in [0.15, 0.2) is 0 Å². The minimum atomic E-state index is -0.454. The molecule has 27 heavy (non-hydrogen) atoms. The Labute approximate surface area is 159 Å². The van der Waals surface area contributed by atoms with Crippen LogP contribution in [-0.4, -0.2) is 43.4 Å². The van der Waals surface area contributed by atoms with E-state index in [4.69, 9.17) is 5.73 Å². The van der Waals surface area contributed by atoms with Gasteiger partial charge >= 0.3 is 0 Å². The van der Waals surface area contributed by atoms with Crippen LogP contribution in [0.15, 0.2) is 48.5 Å². The first-order chi connectivity index (χ1) is 12.9. The van der Waals surface area contributed by atoms with Gasteiger partial charge in [0.1, 0.15) is 0 Å². The quantitative estimate of drug-likeness (QED) is 0.807. The van der Waals surface area contributed by atoms with Crippen LogP contribution in [0.3, 0.4) is 0 Å². The first kappa shape index (κ1) is 18.9. The fraction of sp³-hybridized carbons (Fsp3) is 0.333. The Morgan fingerprint density at radius 2 is 1.78 bits per heavy atom. The summed E-state index contributed by atoms with van der Waals surface area (Å²) >= 11 is 0. The third kappa shape index (κ3) is 4.65. The van der Waals surface area contributed by atoms with Gasteiger partial charge in [0.05, 0.1) is 12.6 Å². The van der Waals surface area contributed by atoms with Gasteiger partial charge in [-0.3, -0.25) is 14.5 Å². The lowest BCUT2D eigenvalue weighted by Crippen LogP contribution is -2.51. The van der Waals surface area contributed by atoms with Crippen molar-refractivity contribution in [1.29, 1.82) is 0 Å². The predicted octanol–water partition coefficient (Wildman–Crippen LogP) is 1.28. The van der Waals surface area contributed by atoms with Crippen molar-refractivity contribution in [2.75, 3.05) is 25.5 Å². The first-order valence-electron chi connectivity index (χ1n) is 9.07. The van der Waals surface area contributed by atoms with E-state index in [9.17, 15) is 9.59 Å². The maximum Gasteiger partial charge on any atom is 0.235 e. The van der Waals surface area contributed by atoms with Gasteiger partial charge in [0.2, 0.25) is 11.8 Å². The molecule has 0 unspecified atom stereocenters. The smallest absolute Gasteiger partial charge is 0.235 e. The summed E-state index contributed by atoms with van der Waals surface area (Å²) in [6.45, 7) is 1.16. The molecule has 1 aliphatic heterocycles. The summed E-state index contributed by atoms with van der Waals surface area (Å²) in [5, 5.41) is 2.93. The molecule has 3 N–H and O–H groups in total. The van der Waals surface area contributed by atoms with Gasteiger partial charge in [0, 0.05) is 32.9 Å². The van der Waals surface area contributed by atoms with Crippen LogP contribution >= 0.6 is 0 Å². The highest BCUT2D eigenvalue weighted by Gasteiger charge is 2.31. The summed E-state index contributed by atoms with van der Waals surface area (Å²) in [6, 6.07) is 15.6. The van der Waals surface area contributed by atoms with Gasteiger partial charge in [0.25, 0.3) is 0 Å². The minimum Gasteiger partial charge on any atom is -0.378 e. The number of anilines is 1. The first-order valence-corrected chi connectivity index (χ1v) is 9.07. The van der Waals surface area contributed by atoms with Crippen molar-refractivity contribution in [1.82, 2.24) is 10.2 Å². The molecule has 3 rings (SSSR count). The van der Waals surface area contributed by atoms with E-state index in [1.807, 2.05) is 72.4 Å². The van der Waals surface area contributed by atoms with Gasteiger partial charge in [-0.25, -0.2) is 0 Å². The van der Waals surface area contributed by atoms with Gasteiger partial charge in [-0.1, -0.05) is 36.4 Å². The molecule has 0 radical (unpaired) electrons. The summed E-state index contributed by atoms with van der Waals surface area (Å²) in [6.07, 6.45) is 0.546. The molecule has 0 bridgehead atoms. The Kier molecular flexibility index (Phi) is 5.76. The van der Waals surface area contributed by atoms with E-state index in [2.05, 4.69) is 5.32 Å². The van der Waals surface area contributed by atoms with Gasteiger partial charge in [-0.05, 0) is 35.2 Å². The van der Waals surface area contributed by atoms with Crippen LogP contribution in [0.1, 0.15) is 16.7 Å². The van der Waals surface area contributed by atoms with Crippen molar-refractivity contribution >= 4 is 17.5 Å². The van der Waals surface area contributed by atoms with Gasteiger partial charge in [-0.15, -0.1) is 0 Å². The third-order valence-electron chi connectivity index (χ3n) is 4.96. The highest BCUT2D eigenvalue weighted by atomic mass is 16.2. The Morgan fingerprint density at radius 1 is 1.11 bits per heavy atom. The summed E-state index contributed by atoms with van der Waals surface area (Å²) in [4.78, 5) is 28.2. The third-order valence-corrected chi connectivity index (χ3v) is 4.96. The second-order valence-corrected chi connectivity index (χ2v) is 7.13. The Hall–Kier alpha value is -2.86. The van der Waals surface area contributed by atoms with Crippen LogP contribution < -0.4 is 16.0 Å². The Bertz CT molecular complexity index is 817. The standard InChI is InChI=1S/C21H26N4O2/c1-24(2)18-9-7-15(8-10-18)12-23-20(26)14-25-13-17-6-4-3-5-16(17)11-19(25)21(22)27/h3-10,19H,11-14H2,1-2H3,(H2,22,27)(H,23,26)/t19-/m0/s1. The summed E-state index contributed by atoms with van der Waals surface area (Å²) in [5.74, 6) is -0.506. The highest BCUT2D eigenvalue weighted by molar-refractivity contribution is 5.83. The average molecular weight is 366 g/mol. The highest BCUT2D eigenvalue weighted by Crippen LogP contribution is 2.22. The van der Waals surface area contributed by atoms with Crippen LogP contribution in [0.25, 0.3) is 0 Å². The zero-order chi connectivity index (χ0) is 19.4. The number of nitrogens with one attached hydrogen (secondary N) is 1. The molecule has 1 heterocycles. The molecule has 0 saturated carbocycles. The van der Waals surface area contributed by atoms with Crippen molar-refractivity contribution in [2.45, 2.75) is 25.6 Å². The lowest BCUT2D eigenvalue weighted by molar-refractivity contribution is -0.127. The average Bonchev–Trinajstić information content (AvgIpc) is 2.66. The fourth-order valence-electron chi connectivity index (χ4n) is 3.38. The minimum absolute atomic E-state index is 0.114. The van der Waals surface area contributed by atoms with Crippen molar-refractivity contribution in [2.24, 2.45) is 5.73 Å². The molecule has 0 saturated heterocycles. The molecule has 0 fully saturated rings. The number of carbonyl (C=O) groups is 2. The summed E-state index contributed by atoms with van der Waals surface area (Å²) in [7, 11) is 3.98. The molecule has 0 spiro atoms. The number of hydrogen-bond donors (Lipinski definition) is 2. The van der Waals surface area contributed by atoms with E-state index >= 15 is 0 Å². The van der Waals surface area contributed by atoms with E-state index < -0.39 is 11.9 Å². The SMILES string of the molecule is CN(C)c1ccc(CNC(=O)CN2Cc3ccccc3C[C@H]2C(N)=O)cc1. The molecule has 6 nitrogen and oxygen atoms in total. The largest absolute Gasteiger partial charge is 0.378 e. The number of hydrogen-bond acceptors (Lipinski definition) is 4. The van der Waals surface area contributed by atoms with Crippen LogP contribution in [0.2, 0.25) is 0 Å². The summed E-state index contributed by atoms with van der Waals surface area (Å²) < 4.78 is 0. The van der Waals surface area contributed by atoms with Crippen LogP contribution in [0.5, 0.6) is 0 Å². The lowest BCUT2D eigenvalue weighted by Gasteiger charge is -2.34. The molecule has 2 aromatic carbocycles. The number of carbonyl (C=O) groups excluding carboxylic acids is 2. The molecule has 1 aliphatic rings. The van der Waals surface area contributed by atoms with E-state index in [0.717, 1.165) is 22.4 Å². The molecule has 6 heteroatoms. The maximum absolute atomic E-state index is 12.4.